The van der Waals surface area contributed by atoms with E-state index in [4.69, 9.17) is 0 Å². The Morgan fingerprint density at radius 3 is 1.90 bits per heavy atom. The van der Waals surface area contributed by atoms with Crippen LogP contribution >= 0.6 is 0 Å². The van der Waals surface area contributed by atoms with Crippen LogP contribution in [0.15, 0.2) is 0 Å². The largest absolute Gasteiger partial charge is 0.414 e. The van der Waals surface area contributed by atoms with Crippen molar-refractivity contribution in [3.8, 4) is 0 Å². The zero-order chi connectivity index (χ0) is 7.83. The summed E-state index contributed by atoms with van der Waals surface area (Å²) in [6.45, 7) is 0.237. The van der Waals surface area contributed by atoms with E-state index in [1.54, 1.807) is 0 Å². The molecule has 1 fully saturated rings. The van der Waals surface area contributed by atoms with Gasteiger partial charge in [-0.1, -0.05) is 0 Å². The Morgan fingerprint density at radius 1 is 1.10 bits per heavy atom. The lowest BCUT2D eigenvalue weighted by Crippen LogP contribution is -2.50. The first kappa shape index (κ1) is 7.81. The Morgan fingerprint density at radius 2 is 1.60 bits per heavy atom. The van der Waals surface area contributed by atoms with Crippen LogP contribution in [-0.2, 0) is 9.47 Å². The maximum absolute atomic E-state index is 12.6. The van der Waals surface area contributed by atoms with E-state index in [0.29, 0.717) is 6.92 Å². The van der Waals surface area contributed by atoms with Gasteiger partial charge in [0.1, 0.15) is 0 Å². The van der Waals surface area contributed by atoms with Crippen LogP contribution in [0.2, 0.25) is 0 Å². The second-order valence-corrected chi connectivity index (χ2v) is 2.13. The summed E-state index contributed by atoms with van der Waals surface area (Å²) >= 11 is 0. The third-order valence-electron chi connectivity index (χ3n) is 1.26. The normalized spacial score (nSPS) is 39.6. The molecule has 10 heavy (non-hydrogen) atoms. The van der Waals surface area contributed by atoms with Crippen molar-refractivity contribution in [1.29, 1.82) is 0 Å². The number of rotatable bonds is 0. The standard InChI is InChI=1S/C5H7F3O2/c1-4(6)5(7,8)10-3-2-9-4/h2-3H2,1H3. The number of hydrogen-bond donors (Lipinski definition) is 0. The maximum Gasteiger partial charge on any atom is 0.414 e. The summed E-state index contributed by atoms with van der Waals surface area (Å²) in [6, 6.07) is 0. The van der Waals surface area contributed by atoms with Crippen LogP contribution in [0, 0.1) is 0 Å². The van der Waals surface area contributed by atoms with Crippen molar-refractivity contribution >= 4 is 0 Å². The maximum atomic E-state index is 12.6. The van der Waals surface area contributed by atoms with E-state index in [1.807, 2.05) is 0 Å². The van der Waals surface area contributed by atoms with Gasteiger partial charge in [0.2, 0.25) is 0 Å². The molecule has 0 saturated carbocycles. The first-order valence-electron chi connectivity index (χ1n) is 2.80. The van der Waals surface area contributed by atoms with E-state index < -0.39 is 12.0 Å². The van der Waals surface area contributed by atoms with Gasteiger partial charge in [0.05, 0.1) is 13.2 Å². The minimum atomic E-state index is -3.81. The lowest BCUT2D eigenvalue weighted by atomic mass is 10.3. The summed E-state index contributed by atoms with van der Waals surface area (Å²) in [6.07, 6.45) is -3.81. The van der Waals surface area contributed by atoms with Crippen LogP contribution in [0.1, 0.15) is 6.92 Å². The SMILES string of the molecule is CC1(F)OCCOC1(F)F. The van der Waals surface area contributed by atoms with E-state index in [-0.39, 0.29) is 13.2 Å². The number of ether oxygens (including phenoxy) is 2. The van der Waals surface area contributed by atoms with Crippen LogP contribution in [0.25, 0.3) is 0 Å². The van der Waals surface area contributed by atoms with Gasteiger partial charge >= 0.3 is 6.11 Å². The smallest absolute Gasteiger partial charge is 0.337 e. The van der Waals surface area contributed by atoms with Gasteiger partial charge in [-0.15, -0.1) is 0 Å². The molecule has 1 aliphatic rings. The summed E-state index contributed by atoms with van der Waals surface area (Å²) < 4.78 is 45.1. The van der Waals surface area contributed by atoms with E-state index in [2.05, 4.69) is 9.47 Å². The number of hydrogen-bond acceptors (Lipinski definition) is 2. The van der Waals surface area contributed by atoms with Gasteiger partial charge in [-0.2, -0.15) is 8.78 Å². The Labute approximate surface area is 55.9 Å². The molecule has 0 aromatic carbocycles. The second-order valence-electron chi connectivity index (χ2n) is 2.13. The van der Waals surface area contributed by atoms with E-state index >= 15 is 0 Å². The van der Waals surface area contributed by atoms with Crippen molar-refractivity contribution in [3.63, 3.8) is 0 Å². The molecule has 1 atom stereocenters. The Kier molecular flexibility index (Phi) is 1.64. The quantitative estimate of drug-likeness (QED) is 0.526. The van der Waals surface area contributed by atoms with Crippen LogP contribution in [0.5, 0.6) is 0 Å². The zero-order valence-electron chi connectivity index (χ0n) is 5.36. The van der Waals surface area contributed by atoms with Gasteiger partial charge < -0.3 is 9.47 Å². The molecule has 0 radical (unpaired) electrons. The molecule has 0 aromatic heterocycles. The third-order valence-corrected chi connectivity index (χ3v) is 1.26. The molecule has 5 heteroatoms. The highest BCUT2D eigenvalue weighted by Gasteiger charge is 2.56. The molecule has 1 rings (SSSR count). The Balaban J connectivity index is 2.70. The number of alkyl halides is 3. The Hall–Kier alpha value is -0.290. The highest BCUT2D eigenvalue weighted by Crippen LogP contribution is 2.36. The minimum absolute atomic E-state index is 0.136. The summed E-state index contributed by atoms with van der Waals surface area (Å²) in [5, 5.41) is 0. The fourth-order valence-electron chi connectivity index (χ4n) is 0.616. The molecule has 0 amide bonds. The molecule has 0 N–H and O–H groups in total. The zero-order valence-corrected chi connectivity index (χ0v) is 5.36. The Bertz CT molecular complexity index is 119. The van der Waals surface area contributed by atoms with Gasteiger partial charge in [-0.3, -0.25) is 0 Å². The first-order valence-corrected chi connectivity index (χ1v) is 2.80. The topological polar surface area (TPSA) is 18.5 Å². The summed E-state index contributed by atoms with van der Waals surface area (Å²) in [5.74, 6) is -2.98. The van der Waals surface area contributed by atoms with Crippen molar-refractivity contribution in [1.82, 2.24) is 0 Å². The minimum Gasteiger partial charge on any atom is -0.337 e. The number of halogens is 3. The average Bonchev–Trinajstić information content (AvgIpc) is 1.77. The molecule has 1 unspecified atom stereocenters. The highest BCUT2D eigenvalue weighted by atomic mass is 19.3. The van der Waals surface area contributed by atoms with Crippen molar-refractivity contribution in [2.75, 3.05) is 13.2 Å². The van der Waals surface area contributed by atoms with Crippen molar-refractivity contribution in [3.05, 3.63) is 0 Å². The molecule has 0 bridgehead atoms. The first-order chi connectivity index (χ1) is 4.46. The monoisotopic (exact) mass is 156 g/mol. The van der Waals surface area contributed by atoms with Gasteiger partial charge in [0.25, 0.3) is 5.85 Å². The average molecular weight is 156 g/mol. The summed E-state index contributed by atoms with van der Waals surface area (Å²) in [4.78, 5) is 0. The summed E-state index contributed by atoms with van der Waals surface area (Å²) in [7, 11) is 0. The van der Waals surface area contributed by atoms with Crippen LogP contribution in [0.4, 0.5) is 13.2 Å². The van der Waals surface area contributed by atoms with E-state index in [1.165, 1.54) is 0 Å². The van der Waals surface area contributed by atoms with Crippen LogP contribution < -0.4 is 0 Å². The molecule has 60 valence electrons. The molecule has 2 nitrogen and oxygen atoms in total. The van der Waals surface area contributed by atoms with Gasteiger partial charge in [0, 0.05) is 6.92 Å². The third kappa shape index (κ3) is 1.11. The molecule has 0 aliphatic carbocycles. The van der Waals surface area contributed by atoms with Gasteiger partial charge in [-0.25, -0.2) is 4.39 Å². The predicted molar refractivity (Wildman–Crippen MR) is 26.4 cm³/mol. The van der Waals surface area contributed by atoms with E-state index in [9.17, 15) is 13.2 Å². The van der Waals surface area contributed by atoms with Crippen LogP contribution in [0.3, 0.4) is 0 Å². The second kappa shape index (κ2) is 2.10. The molecule has 1 heterocycles. The lowest BCUT2D eigenvalue weighted by molar-refractivity contribution is -0.408. The molecule has 1 saturated heterocycles. The molecular formula is C5H7F3O2. The molecule has 1 aliphatic heterocycles. The lowest BCUT2D eigenvalue weighted by Gasteiger charge is -2.33. The van der Waals surface area contributed by atoms with Crippen LogP contribution in [-0.4, -0.2) is 25.2 Å². The van der Waals surface area contributed by atoms with E-state index in [0.717, 1.165) is 0 Å². The van der Waals surface area contributed by atoms with Gasteiger partial charge in [-0.05, 0) is 0 Å². The molecule has 0 spiro atoms. The fourth-order valence-corrected chi connectivity index (χ4v) is 0.616. The van der Waals surface area contributed by atoms with Gasteiger partial charge in [0.15, 0.2) is 0 Å². The van der Waals surface area contributed by atoms with Crippen molar-refractivity contribution in [2.45, 2.75) is 18.9 Å². The fraction of sp³-hybridized carbons (Fsp3) is 1.00. The molecular weight excluding hydrogens is 149 g/mol. The van der Waals surface area contributed by atoms with Crippen molar-refractivity contribution in [2.24, 2.45) is 0 Å². The highest BCUT2D eigenvalue weighted by molar-refractivity contribution is 4.75. The molecule has 0 aromatic rings. The predicted octanol–water partition coefficient (Wildman–Crippen LogP) is 1.31. The van der Waals surface area contributed by atoms with Crippen molar-refractivity contribution < 1.29 is 22.6 Å². The summed E-state index contributed by atoms with van der Waals surface area (Å²) in [5.41, 5.74) is 0.